The fourth-order valence-corrected chi connectivity index (χ4v) is 2.53. The summed E-state index contributed by atoms with van der Waals surface area (Å²) in [6.45, 7) is 6.99. The van der Waals surface area contributed by atoms with Gasteiger partial charge in [0.2, 0.25) is 0 Å². The third-order valence-electron chi connectivity index (χ3n) is 3.93. The summed E-state index contributed by atoms with van der Waals surface area (Å²) in [4.78, 5) is 15.8. The molecule has 1 N–H and O–H groups in total. The third kappa shape index (κ3) is 2.36. The minimum absolute atomic E-state index is 0.337. The zero-order chi connectivity index (χ0) is 15.0. The lowest BCUT2D eigenvalue weighted by molar-refractivity contribution is 0.157. The number of hydrogen-bond acceptors (Lipinski definition) is 6. The molecule has 0 saturated carbocycles. The van der Waals surface area contributed by atoms with E-state index in [1.165, 1.54) is 4.52 Å². The molecule has 0 aliphatic carbocycles. The van der Waals surface area contributed by atoms with Crippen molar-refractivity contribution in [2.75, 3.05) is 31.1 Å². The van der Waals surface area contributed by atoms with Crippen LogP contribution in [0, 0.1) is 11.3 Å². The lowest BCUT2D eigenvalue weighted by atomic mass is 10.0. The van der Waals surface area contributed by atoms with Crippen LogP contribution in [-0.4, -0.2) is 56.4 Å². The molecular weight excluding hydrogens is 270 g/mol. The quantitative estimate of drug-likeness (QED) is 0.825. The maximum Gasteiger partial charge on any atom is 0.364 e. The van der Waals surface area contributed by atoms with E-state index in [1.54, 1.807) is 6.07 Å². The highest BCUT2D eigenvalue weighted by Gasteiger charge is 2.30. The molecule has 0 unspecified atom stereocenters. The number of H-pyrrole nitrogens is 1. The molecule has 1 aliphatic heterocycles. The fraction of sp³-hybridized carbons (Fsp3) is 0.538. The first-order valence-corrected chi connectivity index (χ1v) is 6.87. The molecule has 110 valence electrons. The SMILES string of the molecule is CC(C)(C#N)N1CCN(c2ccc3n[nH]c(=O)n3n2)CC1. The van der Waals surface area contributed by atoms with Crippen molar-refractivity contribution >= 4 is 11.5 Å². The molecule has 21 heavy (non-hydrogen) atoms. The van der Waals surface area contributed by atoms with Crippen molar-refractivity contribution in [2.45, 2.75) is 19.4 Å². The van der Waals surface area contributed by atoms with Crippen LogP contribution < -0.4 is 10.6 Å². The van der Waals surface area contributed by atoms with Gasteiger partial charge in [-0.15, -0.1) is 5.10 Å². The number of hydrogen-bond donors (Lipinski definition) is 1. The molecule has 0 spiro atoms. The van der Waals surface area contributed by atoms with Gasteiger partial charge in [0.1, 0.15) is 11.4 Å². The van der Waals surface area contributed by atoms with Crippen LogP contribution in [0.3, 0.4) is 0 Å². The average molecular weight is 287 g/mol. The lowest BCUT2D eigenvalue weighted by Crippen LogP contribution is -2.54. The van der Waals surface area contributed by atoms with Crippen LogP contribution in [0.4, 0.5) is 5.82 Å². The largest absolute Gasteiger partial charge is 0.364 e. The normalized spacial score (nSPS) is 17.1. The number of aromatic nitrogens is 4. The predicted molar refractivity (Wildman–Crippen MR) is 77.1 cm³/mol. The molecule has 2 aromatic rings. The van der Waals surface area contributed by atoms with Crippen LogP contribution in [0.25, 0.3) is 5.65 Å². The van der Waals surface area contributed by atoms with Crippen LogP contribution >= 0.6 is 0 Å². The van der Waals surface area contributed by atoms with E-state index in [-0.39, 0.29) is 5.69 Å². The van der Waals surface area contributed by atoms with E-state index in [4.69, 9.17) is 0 Å². The maximum atomic E-state index is 11.6. The molecule has 0 atom stereocenters. The van der Waals surface area contributed by atoms with Crippen LogP contribution in [0.5, 0.6) is 0 Å². The molecule has 1 saturated heterocycles. The Balaban J connectivity index is 1.78. The summed E-state index contributed by atoms with van der Waals surface area (Å²) < 4.78 is 1.26. The van der Waals surface area contributed by atoms with E-state index < -0.39 is 5.54 Å². The molecule has 8 nitrogen and oxygen atoms in total. The van der Waals surface area contributed by atoms with E-state index in [0.717, 1.165) is 32.0 Å². The number of nitrogens with one attached hydrogen (secondary N) is 1. The van der Waals surface area contributed by atoms with Gasteiger partial charge in [-0.1, -0.05) is 0 Å². The number of nitrogens with zero attached hydrogens (tertiary/aromatic N) is 6. The Labute approximate surface area is 121 Å². The molecule has 0 aromatic carbocycles. The zero-order valence-corrected chi connectivity index (χ0v) is 12.1. The van der Waals surface area contributed by atoms with E-state index in [1.807, 2.05) is 19.9 Å². The minimum Gasteiger partial charge on any atom is -0.353 e. The highest BCUT2D eigenvalue weighted by atomic mass is 16.2. The number of aromatic amines is 1. The minimum atomic E-state index is -0.453. The molecule has 1 fully saturated rings. The van der Waals surface area contributed by atoms with Crippen molar-refractivity contribution in [2.24, 2.45) is 0 Å². The molecular formula is C13H17N7O. The summed E-state index contributed by atoms with van der Waals surface area (Å²) >= 11 is 0. The molecule has 0 radical (unpaired) electrons. The topological polar surface area (TPSA) is 93.3 Å². The molecule has 1 aliphatic rings. The molecule has 0 bridgehead atoms. The average Bonchev–Trinajstić information content (AvgIpc) is 2.88. The van der Waals surface area contributed by atoms with Crippen molar-refractivity contribution in [3.63, 3.8) is 0 Å². The Bertz CT molecular complexity index is 746. The van der Waals surface area contributed by atoms with Gasteiger partial charge in [-0.05, 0) is 26.0 Å². The summed E-state index contributed by atoms with van der Waals surface area (Å²) in [7, 11) is 0. The first-order chi connectivity index (χ1) is 10.0. The van der Waals surface area contributed by atoms with Gasteiger partial charge in [0.15, 0.2) is 5.65 Å². The van der Waals surface area contributed by atoms with Crippen LogP contribution in [0.2, 0.25) is 0 Å². The zero-order valence-electron chi connectivity index (χ0n) is 12.1. The highest BCUT2D eigenvalue weighted by Crippen LogP contribution is 2.19. The van der Waals surface area contributed by atoms with Gasteiger partial charge in [-0.2, -0.15) is 14.9 Å². The van der Waals surface area contributed by atoms with Crippen LogP contribution in [-0.2, 0) is 0 Å². The second kappa shape index (κ2) is 4.86. The third-order valence-corrected chi connectivity index (χ3v) is 3.93. The number of nitriles is 1. The monoisotopic (exact) mass is 287 g/mol. The summed E-state index contributed by atoms with van der Waals surface area (Å²) in [5.74, 6) is 0.750. The molecule has 8 heteroatoms. The summed E-state index contributed by atoms with van der Waals surface area (Å²) in [5.41, 5.74) is -0.283. The molecule has 3 heterocycles. The Kier molecular flexibility index (Phi) is 3.14. The first-order valence-electron chi connectivity index (χ1n) is 6.87. The number of rotatable bonds is 2. The van der Waals surface area contributed by atoms with E-state index in [9.17, 15) is 10.1 Å². The molecule has 2 aromatic heterocycles. The van der Waals surface area contributed by atoms with E-state index in [2.05, 4.69) is 31.2 Å². The van der Waals surface area contributed by atoms with E-state index in [0.29, 0.717) is 5.65 Å². The second-order valence-corrected chi connectivity index (χ2v) is 5.64. The summed E-state index contributed by atoms with van der Waals surface area (Å²) in [5, 5.41) is 19.7. The maximum absolute atomic E-state index is 11.6. The Morgan fingerprint density at radius 2 is 2.00 bits per heavy atom. The smallest absolute Gasteiger partial charge is 0.353 e. The van der Waals surface area contributed by atoms with Gasteiger partial charge in [-0.25, -0.2) is 9.89 Å². The van der Waals surface area contributed by atoms with Crippen LogP contribution in [0.15, 0.2) is 16.9 Å². The summed E-state index contributed by atoms with van der Waals surface area (Å²) in [6.07, 6.45) is 0. The Hall–Kier alpha value is -2.40. The molecule has 0 amide bonds. The second-order valence-electron chi connectivity index (χ2n) is 5.64. The van der Waals surface area contributed by atoms with Gasteiger partial charge in [0, 0.05) is 26.2 Å². The number of fused-ring (bicyclic) bond motifs is 1. The van der Waals surface area contributed by atoms with Crippen molar-refractivity contribution in [1.29, 1.82) is 5.26 Å². The van der Waals surface area contributed by atoms with Gasteiger partial charge < -0.3 is 4.90 Å². The first kappa shape index (κ1) is 13.6. The van der Waals surface area contributed by atoms with Gasteiger partial charge >= 0.3 is 5.69 Å². The Morgan fingerprint density at radius 1 is 1.29 bits per heavy atom. The van der Waals surface area contributed by atoms with Crippen molar-refractivity contribution < 1.29 is 0 Å². The van der Waals surface area contributed by atoms with Gasteiger partial charge in [0.05, 0.1) is 6.07 Å². The van der Waals surface area contributed by atoms with Gasteiger partial charge in [0.25, 0.3) is 0 Å². The van der Waals surface area contributed by atoms with Crippen molar-refractivity contribution in [1.82, 2.24) is 24.7 Å². The standard InChI is InChI=1S/C13H17N7O/c1-13(2,9-14)19-7-5-18(6-8-19)11-4-3-10-15-16-12(21)20(10)17-11/h3-4H,5-8H2,1-2H3,(H,16,21). The van der Waals surface area contributed by atoms with E-state index >= 15 is 0 Å². The molecule has 3 rings (SSSR count). The van der Waals surface area contributed by atoms with Gasteiger partial charge in [-0.3, -0.25) is 4.90 Å². The van der Waals surface area contributed by atoms with Crippen molar-refractivity contribution in [3.8, 4) is 6.07 Å². The fourth-order valence-electron chi connectivity index (χ4n) is 2.53. The van der Waals surface area contributed by atoms with Crippen molar-refractivity contribution in [3.05, 3.63) is 22.6 Å². The lowest BCUT2D eigenvalue weighted by Gasteiger charge is -2.40. The Morgan fingerprint density at radius 3 is 2.67 bits per heavy atom. The highest BCUT2D eigenvalue weighted by molar-refractivity contribution is 5.45. The predicted octanol–water partition coefficient (Wildman–Crippen LogP) is -0.158. The number of piperazine rings is 1. The van der Waals surface area contributed by atoms with Crippen LogP contribution in [0.1, 0.15) is 13.8 Å². The number of anilines is 1. The summed E-state index contributed by atoms with van der Waals surface area (Å²) in [6, 6.07) is 5.96.